The summed E-state index contributed by atoms with van der Waals surface area (Å²) < 4.78 is 0. The van der Waals surface area contributed by atoms with Gasteiger partial charge in [0, 0.05) is 69.0 Å². The van der Waals surface area contributed by atoms with Gasteiger partial charge >= 0.3 is 0 Å². The molecule has 3 fully saturated rings. The molecule has 0 spiro atoms. The molecule has 5 aliphatic rings. The third kappa shape index (κ3) is 7.26. The molecule has 14 nitrogen and oxygen atoms in total. The van der Waals surface area contributed by atoms with Crippen LogP contribution in [0.1, 0.15) is 93.7 Å². The number of rotatable bonds is 8. The van der Waals surface area contributed by atoms with Gasteiger partial charge < -0.3 is 15.1 Å². The van der Waals surface area contributed by atoms with Crippen molar-refractivity contribution in [1.29, 1.82) is 0 Å². The number of imide groups is 2. The largest absolute Gasteiger partial charge is 0.372 e. The maximum Gasteiger partial charge on any atom is 0.272 e. The number of fused-ring (bicyclic) bond motifs is 2. The predicted molar refractivity (Wildman–Crippen MR) is 204 cm³/mol. The summed E-state index contributed by atoms with van der Waals surface area (Å²) in [5, 5.41) is 14.5. The van der Waals surface area contributed by atoms with Gasteiger partial charge in [0.2, 0.25) is 17.5 Å². The summed E-state index contributed by atoms with van der Waals surface area (Å²) in [6, 6.07) is 12.2. The van der Waals surface area contributed by atoms with Crippen LogP contribution < -0.4 is 20.4 Å². The van der Waals surface area contributed by atoms with E-state index in [4.69, 9.17) is 18.2 Å². The number of nitrogens with zero attached hydrogens (tertiary/aromatic N) is 7. The van der Waals surface area contributed by atoms with Gasteiger partial charge in [0.05, 0.1) is 17.7 Å². The Morgan fingerprint density at radius 1 is 0.927 bits per heavy atom. The Labute approximate surface area is 324 Å². The van der Waals surface area contributed by atoms with Crippen LogP contribution in [0.5, 0.6) is 0 Å². The highest BCUT2D eigenvalue weighted by Crippen LogP contribution is 2.35. The van der Waals surface area contributed by atoms with Crippen molar-refractivity contribution in [3.8, 4) is 0 Å². The highest BCUT2D eigenvalue weighted by Gasteiger charge is 2.45. The molecule has 15 heteroatoms. The zero-order chi connectivity index (χ0) is 38.4. The highest BCUT2D eigenvalue weighted by molar-refractivity contribution is 6.33. The van der Waals surface area contributed by atoms with E-state index in [-0.39, 0.29) is 24.8 Å². The fraction of sp³-hybridized carbons (Fsp3) is 0.450. The Kier molecular flexibility index (Phi) is 10.00. The first kappa shape index (κ1) is 36.6. The van der Waals surface area contributed by atoms with Crippen LogP contribution in [0.25, 0.3) is 4.85 Å². The number of piperidine rings is 2. The number of nitrogens with one attached hydrogen (secondary N) is 2. The smallest absolute Gasteiger partial charge is 0.272 e. The van der Waals surface area contributed by atoms with Crippen molar-refractivity contribution in [2.45, 2.75) is 82.6 Å². The summed E-state index contributed by atoms with van der Waals surface area (Å²) in [4.78, 5) is 74.9. The molecule has 5 amide bonds. The lowest BCUT2D eigenvalue weighted by Crippen LogP contribution is -2.54. The second-order valence-electron chi connectivity index (χ2n) is 15.3. The molecule has 284 valence electrons. The number of benzene rings is 2. The van der Waals surface area contributed by atoms with Crippen LogP contribution in [-0.4, -0.2) is 94.3 Å². The average molecular weight is 764 g/mol. The normalized spacial score (nSPS) is 23.0. The summed E-state index contributed by atoms with van der Waals surface area (Å²) in [6.07, 6.45) is 5.73. The maximum absolute atomic E-state index is 13.3. The Bertz CT molecular complexity index is 2060. The van der Waals surface area contributed by atoms with E-state index in [0.29, 0.717) is 52.6 Å². The highest BCUT2D eigenvalue weighted by atomic mass is 35.5. The third-order valence-corrected chi connectivity index (χ3v) is 12.2. The summed E-state index contributed by atoms with van der Waals surface area (Å²) in [5.74, 6) is -0.936. The molecule has 2 saturated heterocycles. The molecule has 55 heavy (non-hydrogen) atoms. The molecule has 8 rings (SSSR count). The van der Waals surface area contributed by atoms with Crippen molar-refractivity contribution in [2.75, 3.05) is 36.5 Å². The van der Waals surface area contributed by atoms with Crippen LogP contribution in [0.4, 0.5) is 17.2 Å². The molecule has 2 aromatic carbocycles. The monoisotopic (exact) mass is 763 g/mol. The molecular formula is C40H42ClN9O5. The summed E-state index contributed by atoms with van der Waals surface area (Å²) >= 11 is 6.26. The maximum atomic E-state index is 13.3. The second-order valence-corrected chi connectivity index (χ2v) is 15.7. The first-order chi connectivity index (χ1) is 26.6. The van der Waals surface area contributed by atoms with E-state index < -0.39 is 29.7 Å². The van der Waals surface area contributed by atoms with Gasteiger partial charge in [-0.1, -0.05) is 17.7 Å². The Morgan fingerprint density at radius 3 is 2.22 bits per heavy atom. The summed E-state index contributed by atoms with van der Waals surface area (Å²) in [7, 11) is 2.04. The molecule has 4 aliphatic heterocycles. The van der Waals surface area contributed by atoms with Gasteiger partial charge in [-0.3, -0.25) is 39.1 Å². The molecule has 1 aromatic heterocycles. The van der Waals surface area contributed by atoms with Gasteiger partial charge in [-0.05, 0) is 98.4 Å². The topological polar surface area (TPSA) is 153 Å². The van der Waals surface area contributed by atoms with Gasteiger partial charge in [0.15, 0.2) is 11.5 Å². The van der Waals surface area contributed by atoms with Crippen molar-refractivity contribution >= 4 is 58.3 Å². The van der Waals surface area contributed by atoms with E-state index in [9.17, 15) is 24.0 Å². The van der Waals surface area contributed by atoms with E-state index in [1.54, 1.807) is 12.1 Å². The summed E-state index contributed by atoms with van der Waals surface area (Å²) in [5.41, 5.74) is 4.43. The number of carbonyl (C=O) groups is 5. The Balaban J connectivity index is 0.784. The molecule has 0 radical (unpaired) electrons. The van der Waals surface area contributed by atoms with Gasteiger partial charge in [-0.2, -0.15) is 0 Å². The minimum atomic E-state index is -0.968. The number of aromatic nitrogens is 2. The van der Waals surface area contributed by atoms with Crippen LogP contribution in [0.15, 0.2) is 42.5 Å². The van der Waals surface area contributed by atoms with Crippen molar-refractivity contribution in [1.82, 2.24) is 30.6 Å². The molecular weight excluding hydrogens is 722 g/mol. The van der Waals surface area contributed by atoms with E-state index in [1.807, 2.05) is 37.4 Å². The van der Waals surface area contributed by atoms with Crippen LogP contribution in [-0.2, 0) is 22.7 Å². The van der Waals surface area contributed by atoms with Crippen LogP contribution in [0.3, 0.4) is 0 Å². The number of halogens is 1. The minimum Gasteiger partial charge on any atom is -0.372 e. The quantitative estimate of drug-likeness (QED) is 0.248. The van der Waals surface area contributed by atoms with E-state index >= 15 is 0 Å². The van der Waals surface area contributed by atoms with E-state index in [1.165, 1.54) is 0 Å². The average Bonchev–Trinajstić information content (AvgIpc) is 3.69. The third-order valence-electron chi connectivity index (χ3n) is 11.9. The molecule has 1 aliphatic carbocycles. The predicted octanol–water partition coefficient (Wildman–Crippen LogP) is 4.49. The first-order valence-corrected chi connectivity index (χ1v) is 19.3. The molecule has 0 bridgehead atoms. The minimum absolute atomic E-state index is 0.0651. The SMILES string of the molecule is [C-]#[N+]c1ccc(N(C)C2CCC(NC(=O)c3ccc(N4CCC(CN5Cc6cc7c(cc6C5)C(=O)N(C5CCC(=O)NC5=O)C7=O)CC4)nn3)CC2)cc1Cl. The Hall–Kier alpha value is -5.39. The molecule has 1 saturated carbocycles. The lowest BCUT2D eigenvalue weighted by Gasteiger charge is -2.36. The molecule has 1 unspecified atom stereocenters. The lowest BCUT2D eigenvalue weighted by molar-refractivity contribution is -0.136. The van der Waals surface area contributed by atoms with Crippen molar-refractivity contribution in [2.24, 2.45) is 5.92 Å². The molecule has 3 aromatic rings. The molecule has 5 heterocycles. The number of hydrogen-bond acceptors (Lipinski definition) is 10. The van der Waals surface area contributed by atoms with Crippen molar-refractivity contribution < 1.29 is 24.0 Å². The van der Waals surface area contributed by atoms with Crippen LogP contribution in [0, 0.1) is 12.5 Å². The number of hydrogen-bond donors (Lipinski definition) is 2. The fourth-order valence-corrected chi connectivity index (χ4v) is 8.99. The number of anilines is 2. The fourth-order valence-electron chi connectivity index (χ4n) is 8.78. The van der Waals surface area contributed by atoms with Gasteiger partial charge in [-0.25, -0.2) is 4.85 Å². The Morgan fingerprint density at radius 2 is 1.62 bits per heavy atom. The number of carbonyl (C=O) groups excluding carboxylic acids is 5. The summed E-state index contributed by atoms with van der Waals surface area (Å²) in [6.45, 7) is 11.1. The van der Waals surface area contributed by atoms with Gasteiger partial charge in [0.25, 0.3) is 17.7 Å². The number of amides is 5. The van der Waals surface area contributed by atoms with E-state index in [0.717, 1.165) is 85.7 Å². The van der Waals surface area contributed by atoms with Crippen molar-refractivity contribution in [3.63, 3.8) is 0 Å². The van der Waals surface area contributed by atoms with Crippen LogP contribution >= 0.6 is 11.6 Å². The first-order valence-electron chi connectivity index (χ1n) is 19.0. The second kappa shape index (κ2) is 15.0. The molecule has 2 N–H and O–H groups in total. The van der Waals surface area contributed by atoms with E-state index in [2.05, 4.69) is 40.4 Å². The standard InChI is InChI=1S/C40H42ClN9O5/c1-42-32-8-7-28(19-31(32)41)47(2)27-5-3-26(4-6-27)43-37(52)33-9-11-35(46-45-33)49-15-13-23(14-16-49)20-48-21-24-17-29-30(18-25(24)22-48)40(55)50(39(29)54)34-10-12-36(51)44-38(34)53/h7-9,11,17-19,23,26-27,34H,3-6,10,12-16,20-22H2,2H3,(H,43,52)(H,44,51,53). The lowest BCUT2D eigenvalue weighted by atomic mass is 9.90. The zero-order valence-corrected chi connectivity index (χ0v) is 31.3. The van der Waals surface area contributed by atoms with Crippen molar-refractivity contribution in [3.05, 3.63) is 86.9 Å². The zero-order valence-electron chi connectivity index (χ0n) is 30.6. The van der Waals surface area contributed by atoms with Crippen LogP contribution in [0.2, 0.25) is 5.02 Å². The molecule has 1 atom stereocenters. The van der Waals surface area contributed by atoms with Gasteiger partial charge in [0.1, 0.15) is 6.04 Å². The van der Waals surface area contributed by atoms with Gasteiger partial charge in [-0.15, -0.1) is 10.2 Å².